The molecule has 9 heteroatoms. The van der Waals surface area contributed by atoms with Crippen LogP contribution in [-0.4, -0.2) is 37.5 Å². The summed E-state index contributed by atoms with van der Waals surface area (Å²) >= 11 is 0. The molecule has 0 aliphatic heterocycles. The maximum atomic E-state index is 12.5. The molecule has 0 saturated heterocycles. The van der Waals surface area contributed by atoms with Crippen molar-refractivity contribution in [3.63, 3.8) is 0 Å². The van der Waals surface area contributed by atoms with Crippen LogP contribution in [0.3, 0.4) is 0 Å². The molecule has 0 bridgehead atoms. The van der Waals surface area contributed by atoms with Crippen molar-refractivity contribution in [2.45, 2.75) is 0 Å². The van der Waals surface area contributed by atoms with Gasteiger partial charge in [0.1, 0.15) is 11.3 Å². The Morgan fingerprint density at radius 3 is 2.68 bits per heavy atom. The van der Waals surface area contributed by atoms with Gasteiger partial charge in [0.15, 0.2) is 11.2 Å². The Morgan fingerprint density at radius 2 is 1.92 bits per heavy atom. The second-order valence-corrected chi connectivity index (χ2v) is 5.20. The molecule has 3 aromatic heterocycles. The van der Waals surface area contributed by atoms with Crippen LogP contribution < -0.4 is 15.7 Å². The molecule has 3 heterocycles. The Hall–Kier alpha value is -3.75. The molecule has 0 radical (unpaired) electrons. The van der Waals surface area contributed by atoms with Crippen molar-refractivity contribution in [2.24, 2.45) is 0 Å². The van der Waals surface area contributed by atoms with Crippen molar-refractivity contribution in [3.05, 3.63) is 64.7 Å². The summed E-state index contributed by atoms with van der Waals surface area (Å²) in [6.07, 6.45) is 3.02. The highest BCUT2D eigenvalue weighted by molar-refractivity contribution is 6.00. The topological polar surface area (TPSA) is 103 Å². The van der Waals surface area contributed by atoms with E-state index in [-0.39, 0.29) is 5.52 Å². The average molecular weight is 336 g/mol. The molecular formula is C16H12N6O3. The largest absolute Gasteiger partial charge is 0.497 e. The van der Waals surface area contributed by atoms with Crippen molar-refractivity contribution in [1.82, 2.24) is 24.5 Å². The fourth-order valence-corrected chi connectivity index (χ4v) is 2.44. The van der Waals surface area contributed by atoms with E-state index in [0.717, 1.165) is 4.68 Å². The zero-order valence-corrected chi connectivity index (χ0v) is 13.1. The lowest BCUT2D eigenvalue weighted by molar-refractivity contribution is 0.101. The first-order valence-corrected chi connectivity index (χ1v) is 7.34. The van der Waals surface area contributed by atoms with Gasteiger partial charge in [-0.15, -0.1) is 10.2 Å². The van der Waals surface area contributed by atoms with Gasteiger partial charge in [-0.3, -0.25) is 15.0 Å². The summed E-state index contributed by atoms with van der Waals surface area (Å²) in [7, 11) is 1.54. The predicted molar refractivity (Wildman–Crippen MR) is 89.2 cm³/mol. The number of rotatable bonds is 3. The minimum Gasteiger partial charge on any atom is -0.497 e. The lowest BCUT2D eigenvalue weighted by atomic mass is 10.2. The SMILES string of the molecule is COc1ccc(C(=O)Nn2ccc3c(nnc4ccnn43)c2=O)cc1. The summed E-state index contributed by atoms with van der Waals surface area (Å²) in [5.74, 6) is 0.204. The minimum atomic E-state index is -0.496. The summed E-state index contributed by atoms with van der Waals surface area (Å²) in [5, 5.41) is 12.0. The number of benzene rings is 1. The van der Waals surface area contributed by atoms with Gasteiger partial charge >= 0.3 is 0 Å². The van der Waals surface area contributed by atoms with E-state index in [1.54, 1.807) is 49.7 Å². The molecule has 0 aliphatic carbocycles. The maximum Gasteiger partial charge on any atom is 0.299 e. The number of nitrogens with zero attached hydrogens (tertiary/aromatic N) is 5. The standard InChI is InChI=1S/C16H12N6O3/c1-25-11-4-2-10(3-5-11)15(23)20-21-9-7-12-14(16(21)24)19-18-13-6-8-17-22(12)13/h2-9H,1H3,(H,20,23). The van der Waals surface area contributed by atoms with Crippen molar-refractivity contribution in [2.75, 3.05) is 12.5 Å². The van der Waals surface area contributed by atoms with Gasteiger partial charge in [0, 0.05) is 17.8 Å². The van der Waals surface area contributed by atoms with E-state index >= 15 is 0 Å². The van der Waals surface area contributed by atoms with E-state index in [1.807, 2.05) is 0 Å². The fraction of sp³-hybridized carbons (Fsp3) is 0.0625. The highest BCUT2D eigenvalue weighted by Crippen LogP contribution is 2.11. The number of methoxy groups -OCH3 is 1. The van der Waals surface area contributed by atoms with Crippen LogP contribution in [0, 0.1) is 0 Å². The molecule has 0 spiro atoms. The number of fused-ring (bicyclic) bond motifs is 3. The highest BCUT2D eigenvalue weighted by atomic mass is 16.5. The summed E-state index contributed by atoms with van der Waals surface area (Å²) in [6.45, 7) is 0. The lowest BCUT2D eigenvalue weighted by Gasteiger charge is -2.09. The summed E-state index contributed by atoms with van der Waals surface area (Å²) in [4.78, 5) is 24.9. The van der Waals surface area contributed by atoms with Crippen molar-refractivity contribution >= 4 is 22.6 Å². The molecule has 0 atom stereocenters. The maximum absolute atomic E-state index is 12.5. The summed E-state index contributed by atoms with van der Waals surface area (Å²) in [6, 6.07) is 9.86. The molecule has 25 heavy (non-hydrogen) atoms. The Bertz CT molecular complexity index is 1150. The van der Waals surface area contributed by atoms with Gasteiger partial charge < -0.3 is 4.74 Å². The second kappa shape index (κ2) is 5.71. The van der Waals surface area contributed by atoms with E-state index in [2.05, 4.69) is 20.7 Å². The van der Waals surface area contributed by atoms with Gasteiger partial charge in [-0.1, -0.05) is 0 Å². The quantitative estimate of drug-likeness (QED) is 0.594. The van der Waals surface area contributed by atoms with Crippen LogP contribution in [0.5, 0.6) is 5.75 Å². The summed E-state index contributed by atoms with van der Waals surface area (Å²) in [5.41, 5.74) is 3.57. The van der Waals surface area contributed by atoms with Crippen LogP contribution in [-0.2, 0) is 0 Å². The molecule has 9 nitrogen and oxygen atoms in total. The molecule has 1 amide bonds. The van der Waals surface area contributed by atoms with E-state index in [4.69, 9.17) is 4.74 Å². The van der Waals surface area contributed by atoms with Crippen LogP contribution in [0.1, 0.15) is 10.4 Å². The van der Waals surface area contributed by atoms with Crippen LogP contribution in [0.25, 0.3) is 16.7 Å². The molecule has 124 valence electrons. The number of hydrogen-bond acceptors (Lipinski definition) is 6. The average Bonchev–Trinajstić information content (AvgIpc) is 3.13. The number of amides is 1. The third kappa shape index (κ3) is 2.47. The first-order valence-electron chi connectivity index (χ1n) is 7.34. The minimum absolute atomic E-state index is 0.105. The molecule has 4 aromatic rings. The van der Waals surface area contributed by atoms with Crippen molar-refractivity contribution < 1.29 is 9.53 Å². The Kier molecular flexibility index (Phi) is 3.38. The van der Waals surface area contributed by atoms with Gasteiger partial charge in [0.25, 0.3) is 11.5 Å². The number of carbonyl (C=O) groups excluding carboxylic acids is 1. The van der Waals surface area contributed by atoms with E-state index in [9.17, 15) is 9.59 Å². The van der Waals surface area contributed by atoms with Crippen molar-refractivity contribution in [1.29, 1.82) is 0 Å². The number of pyridine rings is 1. The number of nitrogens with one attached hydrogen (secondary N) is 1. The monoisotopic (exact) mass is 336 g/mol. The molecule has 0 fully saturated rings. The Morgan fingerprint density at radius 1 is 1.12 bits per heavy atom. The number of ether oxygens (including phenoxy) is 1. The zero-order valence-electron chi connectivity index (χ0n) is 13.1. The highest BCUT2D eigenvalue weighted by Gasteiger charge is 2.12. The van der Waals surface area contributed by atoms with E-state index in [0.29, 0.717) is 22.5 Å². The Balaban J connectivity index is 1.71. The van der Waals surface area contributed by atoms with Crippen molar-refractivity contribution in [3.8, 4) is 5.75 Å². The second-order valence-electron chi connectivity index (χ2n) is 5.20. The molecule has 4 rings (SSSR count). The van der Waals surface area contributed by atoms with Crippen LogP contribution in [0.15, 0.2) is 53.6 Å². The third-order valence-electron chi connectivity index (χ3n) is 3.72. The van der Waals surface area contributed by atoms with Crippen LogP contribution >= 0.6 is 0 Å². The number of hydrogen-bond donors (Lipinski definition) is 1. The molecule has 0 unspecified atom stereocenters. The van der Waals surface area contributed by atoms with Gasteiger partial charge in [0.2, 0.25) is 0 Å². The lowest BCUT2D eigenvalue weighted by Crippen LogP contribution is -2.33. The van der Waals surface area contributed by atoms with Gasteiger partial charge in [-0.2, -0.15) is 5.10 Å². The normalized spacial score (nSPS) is 10.9. The summed E-state index contributed by atoms with van der Waals surface area (Å²) < 4.78 is 7.63. The molecule has 1 N–H and O–H groups in total. The Labute approximate surface area is 140 Å². The third-order valence-corrected chi connectivity index (χ3v) is 3.72. The first kappa shape index (κ1) is 14.8. The zero-order chi connectivity index (χ0) is 17.4. The van der Waals surface area contributed by atoms with E-state index in [1.165, 1.54) is 10.7 Å². The van der Waals surface area contributed by atoms with Gasteiger partial charge in [-0.05, 0) is 30.3 Å². The first-order chi connectivity index (χ1) is 12.2. The molecule has 0 saturated carbocycles. The number of aromatic nitrogens is 5. The molecule has 0 aliphatic rings. The predicted octanol–water partition coefficient (Wildman–Crippen LogP) is 0.832. The molecule has 1 aromatic carbocycles. The van der Waals surface area contributed by atoms with Gasteiger partial charge in [0.05, 0.1) is 13.3 Å². The van der Waals surface area contributed by atoms with Crippen LogP contribution in [0.2, 0.25) is 0 Å². The van der Waals surface area contributed by atoms with Gasteiger partial charge in [-0.25, -0.2) is 9.19 Å². The number of carbonyl (C=O) groups is 1. The molecular weight excluding hydrogens is 324 g/mol. The van der Waals surface area contributed by atoms with Crippen LogP contribution in [0.4, 0.5) is 0 Å². The van der Waals surface area contributed by atoms with E-state index < -0.39 is 11.5 Å². The smallest absolute Gasteiger partial charge is 0.299 e. The fourth-order valence-electron chi connectivity index (χ4n) is 2.44.